The number of anilines is 2. The number of fused-ring (bicyclic) bond motifs is 1. The number of nitro groups is 1. The van der Waals surface area contributed by atoms with Crippen LogP contribution < -0.4 is 15.4 Å². The quantitative estimate of drug-likeness (QED) is 0.283. The first-order chi connectivity index (χ1) is 18.4. The van der Waals surface area contributed by atoms with Gasteiger partial charge >= 0.3 is 0 Å². The zero-order valence-corrected chi connectivity index (χ0v) is 20.4. The first-order valence-corrected chi connectivity index (χ1v) is 11.5. The molecular formula is C27H21N7O4. The summed E-state index contributed by atoms with van der Waals surface area (Å²) in [5, 5.41) is 31.3. The Hall–Kier alpha value is -5.50. The van der Waals surface area contributed by atoms with Crippen molar-refractivity contribution in [1.82, 2.24) is 14.8 Å². The predicted octanol–water partition coefficient (Wildman–Crippen LogP) is 4.66. The first kappa shape index (κ1) is 24.2. The third-order valence-electron chi connectivity index (χ3n) is 6.12. The van der Waals surface area contributed by atoms with Crippen LogP contribution in [0.3, 0.4) is 0 Å². The molecule has 1 amide bonds. The summed E-state index contributed by atoms with van der Waals surface area (Å²) >= 11 is 0. The van der Waals surface area contributed by atoms with Crippen LogP contribution in [-0.2, 0) is 4.79 Å². The first-order valence-electron chi connectivity index (χ1n) is 11.5. The van der Waals surface area contributed by atoms with E-state index in [1.165, 1.54) is 19.2 Å². The van der Waals surface area contributed by atoms with Crippen molar-refractivity contribution in [3.63, 3.8) is 0 Å². The fraction of sp³-hybridized carbons (Fsp3) is 0.111. The van der Waals surface area contributed by atoms with Gasteiger partial charge in [0.15, 0.2) is 5.82 Å². The summed E-state index contributed by atoms with van der Waals surface area (Å²) in [6, 6.07) is 21.4. The molecule has 0 bridgehead atoms. The Morgan fingerprint density at radius 2 is 1.92 bits per heavy atom. The van der Waals surface area contributed by atoms with Gasteiger partial charge in [-0.3, -0.25) is 14.9 Å². The van der Waals surface area contributed by atoms with Crippen molar-refractivity contribution in [2.45, 2.75) is 13.0 Å². The number of ether oxygens (including phenoxy) is 1. The third kappa shape index (κ3) is 4.42. The number of nitrogens with one attached hydrogen (secondary N) is 2. The fourth-order valence-electron chi connectivity index (χ4n) is 4.31. The van der Waals surface area contributed by atoms with E-state index in [1.807, 2.05) is 0 Å². The molecule has 4 aromatic rings. The van der Waals surface area contributed by atoms with Gasteiger partial charge in [-0.05, 0) is 36.8 Å². The van der Waals surface area contributed by atoms with Crippen LogP contribution in [0.2, 0.25) is 0 Å². The molecule has 0 spiro atoms. The van der Waals surface area contributed by atoms with Gasteiger partial charge in [0.25, 0.3) is 11.6 Å². The monoisotopic (exact) mass is 507 g/mol. The van der Waals surface area contributed by atoms with Gasteiger partial charge in [-0.25, -0.2) is 4.68 Å². The highest BCUT2D eigenvalue weighted by molar-refractivity contribution is 6.06. The van der Waals surface area contributed by atoms with Gasteiger partial charge in [0.1, 0.15) is 11.8 Å². The number of nitrogens with zero attached hydrogens (tertiary/aromatic N) is 5. The number of hydrogen-bond acceptors (Lipinski definition) is 8. The van der Waals surface area contributed by atoms with Crippen LogP contribution in [0.4, 0.5) is 17.3 Å². The summed E-state index contributed by atoms with van der Waals surface area (Å²) in [6.07, 6.45) is 0. The normalized spacial score (nSPS) is 14.2. The van der Waals surface area contributed by atoms with Gasteiger partial charge < -0.3 is 15.4 Å². The lowest BCUT2D eigenvalue weighted by Gasteiger charge is -2.28. The molecule has 11 nitrogen and oxygen atoms in total. The molecule has 1 aliphatic heterocycles. The van der Waals surface area contributed by atoms with Gasteiger partial charge in [0, 0.05) is 23.4 Å². The fourth-order valence-corrected chi connectivity index (χ4v) is 4.31. The van der Waals surface area contributed by atoms with E-state index in [2.05, 4.69) is 26.8 Å². The number of carbonyl (C=O) groups is 1. The highest BCUT2D eigenvalue weighted by Gasteiger charge is 2.35. The molecule has 188 valence electrons. The lowest BCUT2D eigenvalue weighted by molar-refractivity contribution is -0.384. The summed E-state index contributed by atoms with van der Waals surface area (Å²) in [7, 11) is 1.52. The number of allylic oxidation sites excluding steroid dienone is 1. The lowest BCUT2D eigenvalue weighted by Crippen LogP contribution is -2.31. The maximum atomic E-state index is 13.7. The topological polar surface area (TPSA) is 148 Å². The Bertz CT molecular complexity index is 1630. The number of nitriles is 1. The summed E-state index contributed by atoms with van der Waals surface area (Å²) in [6.45, 7) is 1.76. The second-order valence-corrected chi connectivity index (χ2v) is 8.47. The van der Waals surface area contributed by atoms with E-state index < -0.39 is 11.0 Å². The maximum absolute atomic E-state index is 13.7. The number of amides is 1. The average Bonchev–Trinajstić information content (AvgIpc) is 3.36. The molecule has 2 heterocycles. The highest BCUT2D eigenvalue weighted by atomic mass is 16.6. The van der Waals surface area contributed by atoms with Crippen molar-refractivity contribution in [2.24, 2.45) is 0 Å². The van der Waals surface area contributed by atoms with E-state index in [0.717, 1.165) is 0 Å². The number of rotatable bonds is 6. The Labute approximate surface area is 217 Å². The number of aromatic nitrogens is 3. The van der Waals surface area contributed by atoms with Crippen molar-refractivity contribution in [2.75, 3.05) is 17.7 Å². The molecule has 0 aliphatic carbocycles. The van der Waals surface area contributed by atoms with E-state index in [-0.39, 0.29) is 17.4 Å². The number of methoxy groups -OCH3 is 1. The Kier molecular flexibility index (Phi) is 6.28. The second kappa shape index (κ2) is 9.87. The van der Waals surface area contributed by atoms with Crippen molar-refractivity contribution in [3.05, 3.63) is 105 Å². The molecule has 2 N–H and O–H groups in total. The minimum Gasteiger partial charge on any atom is -0.495 e. The molecule has 11 heteroatoms. The van der Waals surface area contributed by atoms with E-state index in [9.17, 15) is 20.2 Å². The predicted molar refractivity (Wildman–Crippen MR) is 139 cm³/mol. The summed E-state index contributed by atoms with van der Waals surface area (Å²) in [5.41, 5.74) is 2.98. The molecule has 0 saturated carbocycles. The minimum absolute atomic E-state index is 0.0851. The van der Waals surface area contributed by atoms with Crippen LogP contribution in [0.1, 0.15) is 24.1 Å². The Balaban J connectivity index is 1.61. The van der Waals surface area contributed by atoms with Crippen LogP contribution in [0, 0.1) is 21.4 Å². The Morgan fingerprint density at radius 1 is 1.16 bits per heavy atom. The van der Waals surface area contributed by atoms with Gasteiger partial charge in [-0.15, -0.1) is 5.10 Å². The molecule has 5 rings (SSSR count). The number of carbonyl (C=O) groups excluding carboxylic acids is 1. The molecule has 38 heavy (non-hydrogen) atoms. The molecule has 1 aliphatic rings. The molecule has 1 aromatic heterocycles. The van der Waals surface area contributed by atoms with Crippen LogP contribution in [0.25, 0.3) is 11.4 Å². The number of nitro benzene ring substituents is 1. The molecule has 1 unspecified atom stereocenters. The molecule has 1 atom stereocenters. The van der Waals surface area contributed by atoms with E-state index in [4.69, 9.17) is 4.74 Å². The second-order valence-electron chi connectivity index (χ2n) is 8.47. The summed E-state index contributed by atoms with van der Waals surface area (Å²) in [4.78, 5) is 29.1. The van der Waals surface area contributed by atoms with Crippen molar-refractivity contribution in [3.8, 4) is 23.2 Å². The number of benzene rings is 3. The van der Waals surface area contributed by atoms with Crippen molar-refractivity contribution >= 4 is 23.2 Å². The number of non-ortho nitro benzene ring substituents is 1. The van der Waals surface area contributed by atoms with E-state index >= 15 is 0 Å². The van der Waals surface area contributed by atoms with Gasteiger partial charge in [-0.2, -0.15) is 10.2 Å². The van der Waals surface area contributed by atoms with E-state index in [0.29, 0.717) is 45.3 Å². The molecule has 0 radical (unpaired) electrons. The molecule has 0 fully saturated rings. The highest BCUT2D eigenvalue weighted by Crippen LogP contribution is 2.37. The Morgan fingerprint density at radius 3 is 2.63 bits per heavy atom. The van der Waals surface area contributed by atoms with Crippen LogP contribution in [0.15, 0.2) is 84.1 Å². The maximum Gasteiger partial charge on any atom is 0.270 e. The molecule has 3 aromatic carbocycles. The van der Waals surface area contributed by atoms with Gasteiger partial charge in [-0.1, -0.05) is 36.4 Å². The van der Waals surface area contributed by atoms with Crippen LogP contribution >= 0.6 is 0 Å². The largest absolute Gasteiger partial charge is 0.495 e. The standard InChI is InChI=1S/C27H21N7O4/c1-16-23(26(35)30-21-8-3-4-9-22(21)38-2)24(18-12-10-17(15-28)11-13-18)33-27(29-16)31-25(32-33)19-6-5-7-20(14-19)34(36)37/h3-14,24H,1-2H3,(H,30,35)(H,29,31,32). The van der Waals surface area contributed by atoms with Crippen LogP contribution in [-0.4, -0.2) is 32.7 Å². The number of hydrogen-bond donors (Lipinski definition) is 2. The summed E-state index contributed by atoms with van der Waals surface area (Å²) in [5.74, 6) is 0.750. The average molecular weight is 508 g/mol. The lowest BCUT2D eigenvalue weighted by atomic mass is 9.94. The van der Waals surface area contributed by atoms with Gasteiger partial charge in [0.05, 0.1) is 34.9 Å². The van der Waals surface area contributed by atoms with E-state index in [1.54, 1.807) is 72.3 Å². The van der Waals surface area contributed by atoms with Crippen molar-refractivity contribution in [1.29, 1.82) is 5.26 Å². The minimum atomic E-state index is -0.700. The molecular weight excluding hydrogens is 486 g/mol. The van der Waals surface area contributed by atoms with Gasteiger partial charge in [0.2, 0.25) is 5.95 Å². The van der Waals surface area contributed by atoms with Crippen LogP contribution in [0.5, 0.6) is 5.75 Å². The zero-order valence-electron chi connectivity index (χ0n) is 20.4. The van der Waals surface area contributed by atoms with Crippen molar-refractivity contribution < 1.29 is 14.5 Å². The smallest absolute Gasteiger partial charge is 0.270 e. The molecule has 0 saturated heterocycles. The summed E-state index contributed by atoms with van der Waals surface area (Å²) < 4.78 is 6.95. The zero-order chi connectivity index (χ0) is 26.8. The third-order valence-corrected chi connectivity index (χ3v) is 6.12. The SMILES string of the molecule is COc1ccccc1NC(=O)C1=C(C)Nc2nc(-c3cccc([N+](=O)[O-])c3)nn2C1c1ccc(C#N)cc1. The number of para-hydroxylation sites is 2.